The number of aliphatic carboxylic acids is 1. The number of furan rings is 1. The van der Waals surface area contributed by atoms with E-state index in [9.17, 15) is 18.0 Å². The van der Waals surface area contributed by atoms with Crippen molar-refractivity contribution in [2.45, 2.75) is 40.0 Å². The van der Waals surface area contributed by atoms with Crippen LogP contribution in [-0.4, -0.2) is 47.7 Å². The molecule has 36 heavy (non-hydrogen) atoms. The van der Waals surface area contributed by atoms with Gasteiger partial charge < -0.3 is 14.8 Å². The zero-order valence-electron chi connectivity index (χ0n) is 19.6. The lowest BCUT2D eigenvalue weighted by Crippen LogP contribution is -2.22. The van der Waals surface area contributed by atoms with Gasteiger partial charge in [0.15, 0.2) is 0 Å². The Morgan fingerprint density at radius 3 is 2.39 bits per heavy atom. The number of pyridine rings is 1. The Balaban J connectivity index is 0.000000454. The van der Waals surface area contributed by atoms with Crippen LogP contribution in [0.15, 0.2) is 53.3 Å². The van der Waals surface area contributed by atoms with E-state index in [2.05, 4.69) is 20.5 Å². The molecule has 4 rings (SSSR count). The highest BCUT2D eigenvalue weighted by atomic mass is 19.4. The van der Waals surface area contributed by atoms with Crippen LogP contribution in [0.5, 0.6) is 0 Å². The normalized spacial score (nSPS) is 11.1. The molecule has 0 fully saturated rings. The summed E-state index contributed by atoms with van der Waals surface area (Å²) in [4.78, 5) is 25.7. The summed E-state index contributed by atoms with van der Waals surface area (Å²) in [6.07, 6.45) is 0.102. The summed E-state index contributed by atoms with van der Waals surface area (Å²) in [5.41, 5.74) is 3.77. The van der Waals surface area contributed by atoms with Crippen LogP contribution in [0.25, 0.3) is 11.1 Å². The van der Waals surface area contributed by atoms with Gasteiger partial charge in [0.25, 0.3) is 0 Å². The first kappa shape index (κ1) is 26.2. The summed E-state index contributed by atoms with van der Waals surface area (Å²) >= 11 is 0. The maximum atomic E-state index is 12.6. The SMILES string of the molecule is Cc1ccc(Cn2nccc2NC(=O)Cn2nc(C)c(-c3cccnc3)c2C)o1.O=C(O)C(F)(F)F. The van der Waals surface area contributed by atoms with E-state index in [0.717, 1.165) is 34.0 Å². The van der Waals surface area contributed by atoms with Crippen molar-refractivity contribution in [2.75, 3.05) is 5.32 Å². The molecule has 0 aromatic carbocycles. The minimum absolute atomic E-state index is 0.109. The van der Waals surface area contributed by atoms with Crippen molar-refractivity contribution in [1.29, 1.82) is 0 Å². The summed E-state index contributed by atoms with van der Waals surface area (Å²) in [6.45, 7) is 6.34. The van der Waals surface area contributed by atoms with Crippen LogP contribution in [-0.2, 0) is 22.7 Å². The molecule has 0 radical (unpaired) electrons. The van der Waals surface area contributed by atoms with Gasteiger partial charge in [-0.1, -0.05) is 6.07 Å². The van der Waals surface area contributed by atoms with Gasteiger partial charge >= 0.3 is 12.1 Å². The maximum Gasteiger partial charge on any atom is 0.490 e. The van der Waals surface area contributed by atoms with Gasteiger partial charge in [-0.05, 0) is 39.0 Å². The molecule has 0 aliphatic rings. The molecule has 4 aromatic rings. The Morgan fingerprint density at radius 2 is 1.81 bits per heavy atom. The van der Waals surface area contributed by atoms with E-state index < -0.39 is 12.1 Å². The Labute approximate surface area is 203 Å². The van der Waals surface area contributed by atoms with Crippen molar-refractivity contribution >= 4 is 17.7 Å². The van der Waals surface area contributed by atoms with Crippen LogP contribution in [0.4, 0.5) is 19.0 Å². The van der Waals surface area contributed by atoms with Crippen LogP contribution in [0.1, 0.15) is 22.9 Å². The summed E-state index contributed by atoms with van der Waals surface area (Å²) in [7, 11) is 0. The van der Waals surface area contributed by atoms with Gasteiger partial charge in [-0.3, -0.25) is 14.5 Å². The van der Waals surface area contributed by atoms with Crippen molar-refractivity contribution in [3.63, 3.8) is 0 Å². The lowest BCUT2D eigenvalue weighted by molar-refractivity contribution is -0.192. The number of hydrogen-bond acceptors (Lipinski definition) is 6. The molecule has 13 heteroatoms. The van der Waals surface area contributed by atoms with Crippen molar-refractivity contribution in [3.05, 3.63) is 71.8 Å². The lowest BCUT2D eigenvalue weighted by Gasteiger charge is -2.09. The molecule has 1 amide bonds. The zero-order valence-corrected chi connectivity index (χ0v) is 19.6. The van der Waals surface area contributed by atoms with E-state index in [0.29, 0.717) is 12.4 Å². The number of alkyl halides is 3. The molecule has 0 saturated carbocycles. The molecule has 4 aromatic heterocycles. The monoisotopic (exact) mass is 504 g/mol. The van der Waals surface area contributed by atoms with Crippen molar-refractivity contribution in [2.24, 2.45) is 0 Å². The first-order valence-electron chi connectivity index (χ1n) is 10.6. The Bertz CT molecular complexity index is 1340. The summed E-state index contributed by atoms with van der Waals surface area (Å²) in [5.74, 6) is -0.704. The number of aromatic nitrogens is 5. The molecule has 0 bridgehead atoms. The Kier molecular flexibility index (Phi) is 7.92. The van der Waals surface area contributed by atoms with E-state index in [1.165, 1.54) is 0 Å². The number of carbonyl (C=O) groups is 2. The standard InChI is InChI=1S/C21H22N6O2.C2HF3O2/c1-14-6-7-18(29-14)12-27-19(8-10-23-27)24-20(28)13-26-16(3)21(15(2)25-26)17-5-4-9-22-11-17;3-2(4,5)1(6)7/h4-11H,12-13H2,1-3H3,(H,24,28);(H,6,7). The molecule has 190 valence electrons. The lowest BCUT2D eigenvalue weighted by atomic mass is 10.1. The van der Waals surface area contributed by atoms with Crippen LogP contribution < -0.4 is 5.32 Å². The van der Waals surface area contributed by atoms with Gasteiger partial charge in [-0.25, -0.2) is 9.48 Å². The van der Waals surface area contributed by atoms with Gasteiger partial charge in [0.2, 0.25) is 5.91 Å². The second-order valence-electron chi connectivity index (χ2n) is 7.68. The topological polar surface area (TPSA) is 128 Å². The number of anilines is 1. The van der Waals surface area contributed by atoms with E-state index in [1.807, 2.05) is 45.0 Å². The van der Waals surface area contributed by atoms with Gasteiger partial charge in [0, 0.05) is 35.3 Å². The van der Waals surface area contributed by atoms with Crippen molar-refractivity contribution in [1.82, 2.24) is 24.5 Å². The Hall–Kier alpha value is -4.42. The smallest absolute Gasteiger partial charge is 0.475 e. The van der Waals surface area contributed by atoms with E-state index >= 15 is 0 Å². The summed E-state index contributed by atoms with van der Waals surface area (Å²) in [5, 5.41) is 18.8. The number of amides is 1. The molecule has 0 spiro atoms. The predicted octanol–water partition coefficient (Wildman–Crippen LogP) is 3.98. The number of carboxylic acid groups (broad SMARTS) is 1. The van der Waals surface area contributed by atoms with Gasteiger partial charge in [-0.2, -0.15) is 23.4 Å². The molecule has 0 atom stereocenters. The number of aryl methyl sites for hydroxylation is 2. The van der Waals surface area contributed by atoms with Crippen molar-refractivity contribution in [3.8, 4) is 11.1 Å². The molecular formula is C23H23F3N6O4. The van der Waals surface area contributed by atoms with Crippen LogP contribution in [0.3, 0.4) is 0 Å². The van der Waals surface area contributed by atoms with E-state index in [-0.39, 0.29) is 12.5 Å². The van der Waals surface area contributed by atoms with Crippen LogP contribution >= 0.6 is 0 Å². The molecule has 0 aliphatic carbocycles. The van der Waals surface area contributed by atoms with Gasteiger partial charge in [0.1, 0.15) is 30.4 Å². The fraction of sp³-hybridized carbons (Fsp3) is 0.261. The highest BCUT2D eigenvalue weighted by Gasteiger charge is 2.38. The zero-order chi connectivity index (χ0) is 26.5. The van der Waals surface area contributed by atoms with E-state index in [1.54, 1.807) is 34.0 Å². The number of hydrogen-bond donors (Lipinski definition) is 2. The molecule has 0 saturated heterocycles. The average Bonchev–Trinajstić information content (AvgIpc) is 3.49. The molecule has 0 unspecified atom stereocenters. The number of nitrogens with zero attached hydrogens (tertiary/aromatic N) is 5. The fourth-order valence-electron chi connectivity index (χ4n) is 3.38. The molecule has 0 aliphatic heterocycles. The maximum absolute atomic E-state index is 12.6. The largest absolute Gasteiger partial charge is 0.490 e. The third kappa shape index (κ3) is 6.58. The number of halogens is 3. The number of carboxylic acids is 1. The van der Waals surface area contributed by atoms with Gasteiger partial charge in [-0.15, -0.1) is 0 Å². The predicted molar refractivity (Wildman–Crippen MR) is 122 cm³/mol. The minimum Gasteiger partial charge on any atom is -0.475 e. The van der Waals surface area contributed by atoms with E-state index in [4.69, 9.17) is 14.3 Å². The highest BCUT2D eigenvalue weighted by Crippen LogP contribution is 2.26. The third-order valence-corrected chi connectivity index (χ3v) is 4.95. The molecular weight excluding hydrogens is 481 g/mol. The Morgan fingerprint density at radius 1 is 1.08 bits per heavy atom. The number of carbonyl (C=O) groups excluding carboxylic acids is 1. The second kappa shape index (κ2) is 10.9. The highest BCUT2D eigenvalue weighted by molar-refractivity contribution is 5.89. The summed E-state index contributed by atoms with van der Waals surface area (Å²) < 4.78 is 40.7. The minimum atomic E-state index is -5.08. The molecule has 10 nitrogen and oxygen atoms in total. The summed E-state index contributed by atoms with van der Waals surface area (Å²) in [6, 6.07) is 9.44. The van der Waals surface area contributed by atoms with Crippen LogP contribution in [0, 0.1) is 20.8 Å². The number of rotatable bonds is 6. The quantitative estimate of drug-likeness (QED) is 0.406. The average molecular weight is 504 g/mol. The van der Waals surface area contributed by atoms with Crippen LogP contribution in [0.2, 0.25) is 0 Å². The van der Waals surface area contributed by atoms with Gasteiger partial charge in [0.05, 0.1) is 11.9 Å². The molecule has 2 N–H and O–H groups in total. The first-order chi connectivity index (χ1) is 17.0. The van der Waals surface area contributed by atoms with Crippen molar-refractivity contribution < 1.29 is 32.3 Å². The number of nitrogens with one attached hydrogen (secondary N) is 1. The molecule has 4 heterocycles. The fourth-order valence-corrected chi connectivity index (χ4v) is 3.38. The second-order valence-corrected chi connectivity index (χ2v) is 7.68. The first-order valence-corrected chi connectivity index (χ1v) is 10.6. The third-order valence-electron chi connectivity index (χ3n) is 4.95.